The van der Waals surface area contributed by atoms with Crippen LogP contribution in [0.15, 0.2) is 23.2 Å². The Morgan fingerprint density at radius 2 is 2.06 bits per heavy atom. The summed E-state index contributed by atoms with van der Waals surface area (Å²) in [5.74, 6) is 4.15. The molecule has 0 bridgehead atoms. The summed E-state index contributed by atoms with van der Waals surface area (Å²) >= 11 is 0. The van der Waals surface area contributed by atoms with E-state index in [0.29, 0.717) is 13.1 Å². The van der Waals surface area contributed by atoms with Crippen molar-refractivity contribution in [3.05, 3.63) is 41.0 Å². The molecule has 0 amide bonds. The molecule has 0 saturated heterocycles. The van der Waals surface area contributed by atoms with E-state index in [0.717, 1.165) is 67.6 Å². The molecule has 0 radical (unpaired) electrons. The normalized spacial score (nSPS) is 14.0. The van der Waals surface area contributed by atoms with Crippen LogP contribution in [0.2, 0.25) is 0 Å². The van der Waals surface area contributed by atoms with E-state index in [-0.39, 0.29) is 0 Å². The van der Waals surface area contributed by atoms with Crippen molar-refractivity contribution < 1.29 is 9.47 Å². The third-order valence-electron chi connectivity index (χ3n) is 5.36. The van der Waals surface area contributed by atoms with E-state index in [1.54, 1.807) is 0 Å². The molecule has 0 spiro atoms. The van der Waals surface area contributed by atoms with Gasteiger partial charge in [0.05, 0.1) is 19.7 Å². The molecule has 170 valence electrons. The van der Waals surface area contributed by atoms with Crippen LogP contribution in [0.5, 0.6) is 5.75 Å². The Kier molecular flexibility index (Phi) is 8.70. The highest BCUT2D eigenvalue weighted by atomic mass is 16.5. The third kappa shape index (κ3) is 7.54. The monoisotopic (exact) mass is 428 g/mol. The Morgan fingerprint density at radius 3 is 2.77 bits per heavy atom. The highest BCUT2D eigenvalue weighted by Gasteiger charge is 2.22. The zero-order chi connectivity index (χ0) is 22.1. The summed E-state index contributed by atoms with van der Waals surface area (Å²) in [6, 6.07) is 6.33. The number of aliphatic imine (C=N–C) groups is 1. The number of rotatable bonds is 12. The maximum Gasteiger partial charge on any atom is 0.191 e. The summed E-state index contributed by atoms with van der Waals surface area (Å²) < 4.78 is 13.5. The first-order valence-electron chi connectivity index (χ1n) is 11.2. The van der Waals surface area contributed by atoms with Gasteiger partial charge in [0, 0.05) is 32.4 Å². The van der Waals surface area contributed by atoms with Crippen LogP contribution in [0.3, 0.4) is 0 Å². The number of nitrogens with zero attached hydrogens (tertiary/aromatic N) is 4. The number of guanidine groups is 1. The van der Waals surface area contributed by atoms with Gasteiger partial charge in [-0.05, 0) is 57.6 Å². The molecule has 0 unspecified atom stereocenters. The summed E-state index contributed by atoms with van der Waals surface area (Å²) in [6.45, 7) is 10.2. The highest BCUT2D eigenvalue weighted by Crippen LogP contribution is 2.30. The zero-order valence-electron chi connectivity index (χ0n) is 19.3. The minimum atomic E-state index is 0.541. The lowest BCUT2D eigenvalue weighted by molar-refractivity contribution is 0.145. The molecular formula is C23H36N6O2. The molecule has 1 aromatic heterocycles. The third-order valence-corrected chi connectivity index (χ3v) is 5.36. The Bertz CT molecular complexity index is 860. The SMILES string of the molecule is CCOCCCNC(=NCc1ccc(C)cc1OCC1CC1)NCc1nnc(C)n1C. The van der Waals surface area contributed by atoms with Crippen LogP contribution < -0.4 is 15.4 Å². The summed E-state index contributed by atoms with van der Waals surface area (Å²) in [7, 11) is 1.97. The van der Waals surface area contributed by atoms with Crippen molar-refractivity contribution in [2.24, 2.45) is 18.0 Å². The van der Waals surface area contributed by atoms with Crippen LogP contribution in [0.25, 0.3) is 0 Å². The molecule has 3 rings (SSSR count). The lowest BCUT2D eigenvalue weighted by atomic mass is 10.1. The standard InChI is InChI=1S/C23H36N6O2/c1-5-30-12-6-11-24-23(26-15-22-28-27-18(3)29(22)4)25-14-20-10-7-17(2)13-21(20)31-16-19-8-9-19/h7,10,13,19H,5-6,8-9,11-12,14-16H2,1-4H3,(H2,24,25,26). The molecular weight excluding hydrogens is 392 g/mol. The summed E-state index contributed by atoms with van der Waals surface area (Å²) in [5, 5.41) is 15.1. The van der Waals surface area contributed by atoms with Crippen molar-refractivity contribution in [3.63, 3.8) is 0 Å². The molecule has 1 fully saturated rings. The summed E-state index contributed by atoms with van der Waals surface area (Å²) in [5.41, 5.74) is 2.29. The molecule has 31 heavy (non-hydrogen) atoms. The Morgan fingerprint density at radius 1 is 1.23 bits per heavy atom. The van der Waals surface area contributed by atoms with E-state index in [1.165, 1.54) is 18.4 Å². The van der Waals surface area contributed by atoms with Crippen molar-refractivity contribution in [1.82, 2.24) is 25.4 Å². The number of aryl methyl sites for hydroxylation is 2. The van der Waals surface area contributed by atoms with E-state index >= 15 is 0 Å². The fraction of sp³-hybridized carbons (Fsp3) is 0.609. The van der Waals surface area contributed by atoms with Gasteiger partial charge in [0.1, 0.15) is 11.6 Å². The van der Waals surface area contributed by atoms with Gasteiger partial charge in [0.2, 0.25) is 0 Å². The molecule has 2 N–H and O–H groups in total. The lowest BCUT2D eigenvalue weighted by Crippen LogP contribution is -2.38. The summed E-state index contributed by atoms with van der Waals surface area (Å²) in [6.07, 6.45) is 3.47. The minimum absolute atomic E-state index is 0.541. The van der Waals surface area contributed by atoms with Crippen molar-refractivity contribution >= 4 is 5.96 Å². The van der Waals surface area contributed by atoms with Crippen LogP contribution in [0.1, 0.15) is 49.0 Å². The quantitative estimate of drug-likeness (QED) is 0.307. The van der Waals surface area contributed by atoms with Gasteiger partial charge in [-0.3, -0.25) is 0 Å². The van der Waals surface area contributed by atoms with Crippen molar-refractivity contribution in [3.8, 4) is 5.75 Å². The number of nitrogens with one attached hydrogen (secondary N) is 2. The smallest absolute Gasteiger partial charge is 0.191 e. The average molecular weight is 429 g/mol. The van der Waals surface area contributed by atoms with Crippen molar-refractivity contribution in [1.29, 1.82) is 0 Å². The van der Waals surface area contributed by atoms with Crippen LogP contribution in [0, 0.1) is 19.8 Å². The number of ether oxygens (including phenoxy) is 2. The van der Waals surface area contributed by atoms with Gasteiger partial charge in [0.25, 0.3) is 0 Å². The Labute approximate surface area is 185 Å². The second kappa shape index (κ2) is 11.7. The molecule has 1 heterocycles. The molecule has 1 saturated carbocycles. The van der Waals surface area contributed by atoms with Gasteiger partial charge in [-0.1, -0.05) is 12.1 Å². The van der Waals surface area contributed by atoms with Crippen molar-refractivity contribution in [2.45, 2.75) is 53.1 Å². The van der Waals surface area contributed by atoms with Crippen molar-refractivity contribution in [2.75, 3.05) is 26.4 Å². The molecule has 1 aliphatic rings. The number of hydrogen-bond donors (Lipinski definition) is 2. The topological polar surface area (TPSA) is 85.6 Å². The van der Waals surface area contributed by atoms with E-state index in [2.05, 4.69) is 46.0 Å². The Hall–Kier alpha value is -2.61. The molecule has 8 nitrogen and oxygen atoms in total. The first kappa shape index (κ1) is 23.1. The number of benzene rings is 1. The molecule has 0 atom stereocenters. The van der Waals surface area contributed by atoms with Crippen LogP contribution in [-0.4, -0.2) is 47.1 Å². The summed E-state index contributed by atoms with van der Waals surface area (Å²) in [4.78, 5) is 4.81. The second-order valence-electron chi connectivity index (χ2n) is 8.08. The van der Waals surface area contributed by atoms with Gasteiger partial charge < -0.3 is 24.7 Å². The minimum Gasteiger partial charge on any atom is -0.493 e. The fourth-order valence-electron chi connectivity index (χ4n) is 3.05. The predicted octanol–water partition coefficient (Wildman–Crippen LogP) is 2.88. The Balaban J connectivity index is 1.64. The maximum absolute atomic E-state index is 6.10. The second-order valence-corrected chi connectivity index (χ2v) is 8.08. The van der Waals surface area contributed by atoms with Crippen LogP contribution in [0.4, 0.5) is 0 Å². The molecule has 1 aliphatic carbocycles. The zero-order valence-corrected chi connectivity index (χ0v) is 19.3. The van der Waals surface area contributed by atoms with E-state index in [9.17, 15) is 0 Å². The molecule has 0 aliphatic heterocycles. The van der Waals surface area contributed by atoms with Crippen LogP contribution >= 0.6 is 0 Å². The van der Waals surface area contributed by atoms with Gasteiger partial charge >= 0.3 is 0 Å². The lowest BCUT2D eigenvalue weighted by Gasteiger charge is -2.14. The number of hydrogen-bond acceptors (Lipinski definition) is 5. The van der Waals surface area contributed by atoms with E-state index in [1.807, 2.05) is 25.5 Å². The first-order chi connectivity index (χ1) is 15.1. The largest absolute Gasteiger partial charge is 0.493 e. The van der Waals surface area contributed by atoms with Gasteiger partial charge in [-0.25, -0.2) is 4.99 Å². The molecule has 2 aromatic rings. The van der Waals surface area contributed by atoms with Gasteiger partial charge in [-0.2, -0.15) is 0 Å². The molecule has 8 heteroatoms. The maximum atomic E-state index is 6.10. The predicted molar refractivity (Wildman–Crippen MR) is 122 cm³/mol. The van der Waals surface area contributed by atoms with Crippen LogP contribution in [-0.2, 0) is 24.9 Å². The van der Waals surface area contributed by atoms with Gasteiger partial charge in [0.15, 0.2) is 11.8 Å². The van der Waals surface area contributed by atoms with Gasteiger partial charge in [-0.15, -0.1) is 10.2 Å². The van der Waals surface area contributed by atoms with E-state index in [4.69, 9.17) is 14.5 Å². The van der Waals surface area contributed by atoms with E-state index < -0.39 is 0 Å². The number of aromatic nitrogens is 3. The average Bonchev–Trinajstić information content (AvgIpc) is 3.54. The fourth-order valence-corrected chi connectivity index (χ4v) is 3.05. The molecule has 1 aromatic carbocycles. The first-order valence-corrected chi connectivity index (χ1v) is 11.2. The highest BCUT2D eigenvalue weighted by molar-refractivity contribution is 5.79.